The molecule has 1 atom stereocenters. The number of carbonyl (C=O) groups is 2. The normalized spacial score (nSPS) is 17.5. The number of aliphatic hydroxyl groups is 1. The molecule has 1 aliphatic heterocycles. The fourth-order valence-electron chi connectivity index (χ4n) is 3.81. The number of amides is 1. The van der Waals surface area contributed by atoms with Crippen molar-refractivity contribution in [2.75, 3.05) is 19.1 Å². The van der Waals surface area contributed by atoms with E-state index in [0.29, 0.717) is 28.3 Å². The van der Waals surface area contributed by atoms with Crippen LogP contribution >= 0.6 is 0 Å². The van der Waals surface area contributed by atoms with Crippen molar-refractivity contribution in [1.82, 2.24) is 4.98 Å². The van der Waals surface area contributed by atoms with E-state index in [9.17, 15) is 14.7 Å². The van der Waals surface area contributed by atoms with Crippen LogP contribution in [-0.2, 0) is 9.59 Å². The van der Waals surface area contributed by atoms with Crippen LogP contribution < -0.4 is 14.4 Å². The summed E-state index contributed by atoms with van der Waals surface area (Å²) in [7, 11) is 3.03. The molecule has 2 aromatic carbocycles. The van der Waals surface area contributed by atoms with E-state index in [2.05, 4.69) is 4.98 Å². The number of aromatic nitrogens is 1. The first kappa shape index (κ1) is 21.1. The molecular weight excluding hydrogens is 408 g/mol. The molecule has 1 amide bonds. The summed E-state index contributed by atoms with van der Waals surface area (Å²) in [6.45, 7) is 1.92. The van der Waals surface area contributed by atoms with Gasteiger partial charge in [0.2, 0.25) is 0 Å². The molecule has 0 aliphatic carbocycles. The van der Waals surface area contributed by atoms with E-state index in [-0.39, 0.29) is 11.3 Å². The number of ether oxygens (including phenoxy) is 2. The molecule has 162 valence electrons. The number of pyridine rings is 1. The summed E-state index contributed by atoms with van der Waals surface area (Å²) in [4.78, 5) is 31.8. The monoisotopic (exact) mass is 430 g/mol. The van der Waals surface area contributed by atoms with Crippen molar-refractivity contribution in [3.8, 4) is 11.5 Å². The van der Waals surface area contributed by atoms with Gasteiger partial charge in [-0.25, -0.2) is 0 Å². The van der Waals surface area contributed by atoms with Crippen molar-refractivity contribution < 1.29 is 24.2 Å². The first-order chi connectivity index (χ1) is 15.5. The second kappa shape index (κ2) is 8.55. The van der Waals surface area contributed by atoms with E-state index < -0.39 is 17.7 Å². The van der Waals surface area contributed by atoms with Gasteiger partial charge in [-0.2, -0.15) is 0 Å². The zero-order valence-corrected chi connectivity index (χ0v) is 17.9. The highest BCUT2D eigenvalue weighted by Gasteiger charge is 2.48. The first-order valence-corrected chi connectivity index (χ1v) is 9.96. The quantitative estimate of drug-likeness (QED) is 0.373. The van der Waals surface area contributed by atoms with Gasteiger partial charge in [0.15, 0.2) is 0 Å². The molecule has 0 spiro atoms. The van der Waals surface area contributed by atoms with Crippen LogP contribution in [0.15, 0.2) is 72.6 Å². The molecule has 32 heavy (non-hydrogen) atoms. The summed E-state index contributed by atoms with van der Waals surface area (Å²) >= 11 is 0. The Morgan fingerprint density at radius 1 is 1.03 bits per heavy atom. The predicted octanol–water partition coefficient (Wildman–Crippen LogP) is 4.03. The van der Waals surface area contributed by atoms with Gasteiger partial charge in [-0.1, -0.05) is 29.8 Å². The maximum Gasteiger partial charge on any atom is 0.300 e. The zero-order valence-electron chi connectivity index (χ0n) is 17.9. The van der Waals surface area contributed by atoms with Crippen molar-refractivity contribution >= 4 is 23.1 Å². The van der Waals surface area contributed by atoms with Gasteiger partial charge in [0.05, 0.1) is 37.7 Å². The molecule has 7 nitrogen and oxygen atoms in total. The third-order valence-corrected chi connectivity index (χ3v) is 5.42. The molecule has 0 unspecified atom stereocenters. The van der Waals surface area contributed by atoms with Crippen LogP contribution in [0.25, 0.3) is 5.76 Å². The van der Waals surface area contributed by atoms with E-state index in [1.807, 2.05) is 19.1 Å². The molecule has 7 heteroatoms. The number of anilines is 1. The third kappa shape index (κ3) is 3.58. The van der Waals surface area contributed by atoms with Crippen molar-refractivity contribution in [2.24, 2.45) is 0 Å². The number of ketones is 1. The molecule has 1 N–H and O–H groups in total. The Balaban J connectivity index is 2.01. The number of benzene rings is 2. The van der Waals surface area contributed by atoms with E-state index >= 15 is 0 Å². The summed E-state index contributed by atoms with van der Waals surface area (Å²) in [5.74, 6) is -0.845. The van der Waals surface area contributed by atoms with Gasteiger partial charge < -0.3 is 14.6 Å². The summed E-state index contributed by atoms with van der Waals surface area (Å²) in [6, 6.07) is 14.6. The van der Waals surface area contributed by atoms with Gasteiger partial charge in [0.25, 0.3) is 11.7 Å². The van der Waals surface area contributed by atoms with Crippen LogP contribution in [0.3, 0.4) is 0 Å². The van der Waals surface area contributed by atoms with Crippen LogP contribution in [0.1, 0.15) is 22.7 Å². The van der Waals surface area contributed by atoms with E-state index in [4.69, 9.17) is 9.47 Å². The van der Waals surface area contributed by atoms with Crippen molar-refractivity contribution in [2.45, 2.75) is 13.0 Å². The molecule has 0 saturated carbocycles. The lowest BCUT2D eigenvalue weighted by atomic mass is 9.94. The summed E-state index contributed by atoms with van der Waals surface area (Å²) < 4.78 is 10.9. The molecule has 0 bridgehead atoms. The fourth-order valence-corrected chi connectivity index (χ4v) is 3.81. The first-order valence-electron chi connectivity index (χ1n) is 9.96. The van der Waals surface area contributed by atoms with Crippen molar-refractivity contribution in [3.63, 3.8) is 0 Å². The number of aliphatic hydroxyl groups excluding tert-OH is 1. The number of hydrogen-bond acceptors (Lipinski definition) is 6. The molecule has 1 aromatic heterocycles. The number of nitrogens with zero attached hydrogens (tertiary/aromatic N) is 2. The molecular formula is C25H22N2O5. The Morgan fingerprint density at radius 2 is 1.78 bits per heavy atom. The maximum atomic E-state index is 13.2. The minimum atomic E-state index is -0.939. The van der Waals surface area contributed by atoms with E-state index in [1.54, 1.807) is 48.7 Å². The largest absolute Gasteiger partial charge is 0.507 e. The van der Waals surface area contributed by atoms with Crippen LogP contribution in [0.2, 0.25) is 0 Å². The van der Waals surface area contributed by atoms with Crippen LogP contribution in [0, 0.1) is 6.92 Å². The van der Waals surface area contributed by atoms with Gasteiger partial charge in [-0.3, -0.25) is 19.5 Å². The smallest absolute Gasteiger partial charge is 0.300 e. The number of aryl methyl sites for hydroxylation is 1. The van der Waals surface area contributed by atoms with Crippen LogP contribution in [0.5, 0.6) is 11.5 Å². The number of methoxy groups -OCH3 is 2. The Hall–Kier alpha value is -4.13. The second-order valence-corrected chi connectivity index (χ2v) is 7.35. The molecule has 3 aromatic rings. The number of rotatable bonds is 5. The Labute approximate surface area is 185 Å². The number of hydrogen-bond donors (Lipinski definition) is 1. The number of carbonyl (C=O) groups excluding carboxylic acids is 2. The van der Waals surface area contributed by atoms with Gasteiger partial charge in [0.1, 0.15) is 17.3 Å². The summed E-state index contributed by atoms with van der Waals surface area (Å²) in [5.41, 5.74) is 2.33. The maximum absolute atomic E-state index is 13.2. The van der Waals surface area contributed by atoms with E-state index in [0.717, 1.165) is 5.56 Å². The second-order valence-electron chi connectivity index (χ2n) is 7.35. The van der Waals surface area contributed by atoms with Crippen molar-refractivity contribution in [1.29, 1.82) is 0 Å². The molecule has 2 heterocycles. The van der Waals surface area contributed by atoms with Crippen LogP contribution in [-0.4, -0.2) is 36.0 Å². The van der Waals surface area contributed by atoms with Gasteiger partial charge in [-0.05, 0) is 37.3 Å². The lowest BCUT2D eigenvalue weighted by molar-refractivity contribution is -0.132. The molecule has 1 fully saturated rings. The highest BCUT2D eigenvalue weighted by atomic mass is 16.5. The minimum Gasteiger partial charge on any atom is -0.507 e. The van der Waals surface area contributed by atoms with Gasteiger partial charge >= 0.3 is 0 Å². The zero-order chi connectivity index (χ0) is 22.8. The third-order valence-electron chi connectivity index (χ3n) is 5.42. The average molecular weight is 430 g/mol. The standard InChI is InChI=1S/C25H22N2O5/c1-15-6-8-16(9-7-15)23(28)21-22(19-13-18(31-2)10-11-20(19)32-3)27(25(30)24(21)29)17-5-4-12-26-14-17/h4-14,22,28H,1-3H3/t22-/m0/s1. The van der Waals surface area contributed by atoms with Crippen molar-refractivity contribution in [3.05, 3.63) is 89.3 Å². The fraction of sp³-hybridized carbons (Fsp3) is 0.160. The topological polar surface area (TPSA) is 89.0 Å². The lowest BCUT2D eigenvalue weighted by Gasteiger charge is -2.26. The lowest BCUT2D eigenvalue weighted by Crippen LogP contribution is -2.29. The summed E-state index contributed by atoms with van der Waals surface area (Å²) in [6.07, 6.45) is 3.07. The predicted molar refractivity (Wildman–Crippen MR) is 120 cm³/mol. The highest BCUT2D eigenvalue weighted by molar-refractivity contribution is 6.51. The molecule has 1 aliphatic rings. The Kier molecular flexibility index (Phi) is 5.64. The Morgan fingerprint density at radius 3 is 2.41 bits per heavy atom. The van der Waals surface area contributed by atoms with E-state index in [1.165, 1.54) is 25.3 Å². The van der Waals surface area contributed by atoms with Gasteiger partial charge in [0, 0.05) is 17.3 Å². The molecule has 0 radical (unpaired) electrons. The Bertz CT molecular complexity index is 1200. The minimum absolute atomic E-state index is 0.0331. The van der Waals surface area contributed by atoms with Gasteiger partial charge in [-0.15, -0.1) is 0 Å². The highest BCUT2D eigenvalue weighted by Crippen LogP contribution is 2.45. The molecule has 1 saturated heterocycles. The van der Waals surface area contributed by atoms with Crippen LogP contribution in [0.4, 0.5) is 5.69 Å². The SMILES string of the molecule is COc1ccc(OC)c([C@H]2C(=C(O)c3ccc(C)cc3)C(=O)C(=O)N2c2cccnc2)c1. The molecule has 4 rings (SSSR count). The average Bonchev–Trinajstić information content (AvgIpc) is 3.09. The number of Topliss-reactive ketones (excluding diaryl/α,β-unsaturated/α-hetero) is 1. The summed E-state index contributed by atoms with van der Waals surface area (Å²) in [5, 5.41) is 11.2.